The first-order valence-corrected chi connectivity index (χ1v) is 7.15. The molecular formula is C16H18N2O3. The second-order valence-electron chi connectivity index (χ2n) is 5.47. The summed E-state index contributed by atoms with van der Waals surface area (Å²) in [5, 5.41) is 3.82. The van der Waals surface area contributed by atoms with Gasteiger partial charge >= 0.3 is 0 Å². The molecule has 1 aliphatic rings. The van der Waals surface area contributed by atoms with Gasteiger partial charge in [-0.15, -0.1) is 0 Å². The van der Waals surface area contributed by atoms with Crippen molar-refractivity contribution in [2.45, 2.75) is 32.7 Å². The van der Waals surface area contributed by atoms with Crippen LogP contribution in [-0.4, -0.2) is 29.3 Å². The number of anilines is 1. The highest BCUT2D eigenvalue weighted by atomic mass is 16.3. The van der Waals surface area contributed by atoms with Crippen molar-refractivity contribution in [1.29, 1.82) is 0 Å². The van der Waals surface area contributed by atoms with Crippen LogP contribution in [0.5, 0.6) is 0 Å². The third-order valence-corrected chi connectivity index (χ3v) is 3.86. The molecule has 0 bridgehead atoms. The molecule has 0 radical (unpaired) electrons. The molecule has 1 saturated heterocycles. The van der Waals surface area contributed by atoms with E-state index in [0.717, 1.165) is 23.2 Å². The van der Waals surface area contributed by atoms with Crippen LogP contribution in [0.4, 0.5) is 5.69 Å². The molecule has 2 heterocycles. The van der Waals surface area contributed by atoms with Crippen molar-refractivity contribution in [1.82, 2.24) is 4.90 Å². The number of aryl methyl sites for hydroxylation is 1. The number of amides is 2. The highest BCUT2D eigenvalue weighted by Gasteiger charge is 2.29. The second kappa shape index (κ2) is 5.24. The molecular weight excluding hydrogens is 268 g/mol. The van der Waals surface area contributed by atoms with Crippen molar-refractivity contribution >= 4 is 28.5 Å². The standard InChI is InChI=1S/C16H18N2O3/c1-10-8-12-9-13(5-6-14(12)21-10)17-16(20)11(2)18-7-3-4-15(18)19/h5-6,8-9,11H,3-4,7H2,1-2H3,(H,17,20). The molecule has 5 heteroatoms. The number of fused-ring (bicyclic) bond motifs is 1. The quantitative estimate of drug-likeness (QED) is 0.943. The van der Waals surface area contributed by atoms with Gasteiger partial charge in [-0.3, -0.25) is 9.59 Å². The van der Waals surface area contributed by atoms with Gasteiger partial charge in [0.05, 0.1) is 0 Å². The van der Waals surface area contributed by atoms with Crippen molar-refractivity contribution in [3.8, 4) is 0 Å². The van der Waals surface area contributed by atoms with Crippen molar-refractivity contribution in [3.63, 3.8) is 0 Å². The minimum Gasteiger partial charge on any atom is -0.461 e. The zero-order valence-corrected chi connectivity index (χ0v) is 12.2. The molecule has 1 unspecified atom stereocenters. The van der Waals surface area contributed by atoms with Gasteiger partial charge in [0.2, 0.25) is 11.8 Å². The summed E-state index contributed by atoms with van der Waals surface area (Å²) in [7, 11) is 0. The smallest absolute Gasteiger partial charge is 0.246 e. The molecule has 0 aliphatic carbocycles. The molecule has 1 aromatic carbocycles. The number of carbonyl (C=O) groups excluding carboxylic acids is 2. The monoisotopic (exact) mass is 286 g/mol. The SMILES string of the molecule is Cc1cc2cc(NC(=O)C(C)N3CCCC3=O)ccc2o1. The van der Waals surface area contributed by atoms with Crippen LogP contribution in [0.3, 0.4) is 0 Å². The van der Waals surface area contributed by atoms with Gasteiger partial charge in [0.1, 0.15) is 17.4 Å². The number of rotatable bonds is 3. The summed E-state index contributed by atoms with van der Waals surface area (Å²) in [5.74, 6) is 0.730. The molecule has 1 aliphatic heterocycles. The zero-order valence-electron chi connectivity index (χ0n) is 12.2. The van der Waals surface area contributed by atoms with Gasteiger partial charge in [0.15, 0.2) is 0 Å². The van der Waals surface area contributed by atoms with Gasteiger partial charge in [-0.05, 0) is 44.5 Å². The number of furan rings is 1. The van der Waals surface area contributed by atoms with Crippen LogP contribution >= 0.6 is 0 Å². The Kier molecular flexibility index (Phi) is 3.41. The number of carbonyl (C=O) groups is 2. The van der Waals surface area contributed by atoms with E-state index < -0.39 is 6.04 Å². The molecule has 0 saturated carbocycles. The average molecular weight is 286 g/mol. The van der Waals surface area contributed by atoms with Crippen molar-refractivity contribution in [3.05, 3.63) is 30.0 Å². The van der Waals surface area contributed by atoms with Crippen molar-refractivity contribution < 1.29 is 14.0 Å². The van der Waals surface area contributed by atoms with E-state index in [1.165, 1.54) is 0 Å². The van der Waals surface area contributed by atoms with E-state index in [2.05, 4.69) is 5.32 Å². The number of hydrogen-bond acceptors (Lipinski definition) is 3. The lowest BCUT2D eigenvalue weighted by atomic mass is 10.2. The molecule has 1 atom stereocenters. The van der Waals surface area contributed by atoms with E-state index in [1.807, 2.05) is 31.2 Å². The number of likely N-dealkylation sites (tertiary alicyclic amines) is 1. The van der Waals surface area contributed by atoms with Gasteiger partial charge < -0.3 is 14.6 Å². The van der Waals surface area contributed by atoms with Gasteiger partial charge in [-0.25, -0.2) is 0 Å². The predicted octanol–water partition coefficient (Wildman–Crippen LogP) is 2.69. The van der Waals surface area contributed by atoms with E-state index >= 15 is 0 Å². The fourth-order valence-corrected chi connectivity index (χ4v) is 2.72. The number of nitrogens with one attached hydrogen (secondary N) is 1. The minimum atomic E-state index is -0.443. The second-order valence-corrected chi connectivity index (χ2v) is 5.47. The summed E-state index contributed by atoms with van der Waals surface area (Å²) in [6, 6.07) is 7.01. The summed E-state index contributed by atoms with van der Waals surface area (Å²) in [5.41, 5.74) is 1.51. The Morgan fingerprint density at radius 1 is 1.38 bits per heavy atom. The Balaban J connectivity index is 1.74. The molecule has 2 aromatic rings. The number of nitrogens with zero attached hydrogens (tertiary/aromatic N) is 1. The van der Waals surface area contributed by atoms with E-state index in [4.69, 9.17) is 4.42 Å². The molecule has 110 valence electrons. The number of hydrogen-bond donors (Lipinski definition) is 1. The Hall–Kier alpha value is -2.30. The number of benzene rings is 1. The highest BCUT2D eigenvalue weighted by molar-refractivity contribution is 5.98. The van der Waals surface area contributed by atoms with Gasteiger partial charge in [0.25, 0.3) is 0 Å². The first-order valence-electron chi connectivity index (χ1n) is 7.15. The van der Waals surface area contributed by atoms with Crippen molar-refractivity contribution in [2.24, 2.45) is 0 Å². The molecule has 1 fully saturated rings. The van der Waals surface area contributed by atoms with Crippen LogP contribution in [0.2, 0.25) is 0 Å². The maximum atomic E-state index is 12.3. The summed E-state index contributed by atoms with van der Waals surface area (Å²) in [6.45, 7) is 4.31. The predicted molar refractivity (Wildman–Crippen MR) is 80.0 cm³/mol. The molecule has 21 heavy (non-hydrogen) atoms. The third kappa shape index (κ3) is 2.63. The van der Waals surface area contributed by atoms with Crippen LogP contribution in [-0.2, 0) is 9.59 Å². The van der Waals surface area contributed by atoms with Crippen LogP contribution in [0.15, 0.2) is 28.7 Å². The summed E-state index contributed by atoms with van der Waals surface area (Å²) in [4.78, 5) is 25.6. The fourth-order valence-electron chi connectivity index (χ4n) is 2.72. The normalized spacial score (nSPS) is 16.5. The average Bonchev–Trinajstić information content (AvgIpc) is 3.02. The van der Waals surface area contributed by atoms with Gasteiger partial charge in [0, 0.05) is 24.0 Å². The highest BCUT2D eigenvalue weighted by Crippen LogP contribution is 2.23. The Morgan fingerprint density at radius 3 is 2.90 bits per heavy atom. The minimum absolute atomic E-state index is 0.0542. The zero-order chi connectivity index (χ0) is 15.0. The fraction of sp³-hybridized carbons (Fsp3) is 0.375. The lowest BCUT2D eigenvalue weighted by molar-refractivity contribution is -0.134. The topological polar surface area (TPSA) is 62.6 Å². The van der Waals surface area contributed by atoms with E-state index in [9.17, 15) is 9.59 Å². The lowest BCUT2D eigenvalue weighted by Gasteiger charge is -2.23. The molecule has 3 rings (SSSR count). The molecule has 2 amide bonds. The molecule has 1 aromatic heterocycles. The van der Waals surface area contributed by atoms with Crippen LogP contribution < -0.4 is 5.32 Å². The Morgan fingerprint density at radius 2 is 2.19 bits per heavy atom. The Labute approximate surface area is 122 Å². The first kappa shape index (κ1) is 13.7. The summed E-state index contributed by atoms with van der Waals surface area (Å²) >= 11 is 0. The maximum absolute atomic E-state index is 12.3. The molecule has 5 nitrogen and oxygen atoms in total. The van der Waals surface area contributed by atoms with Gasteiger partial charge in [-0.1, -0.05) is 0 Å². The summed E-state index contributed by atoms with van der Waals surface area (Å²) in [6.07, 6.45) is 1.37. The first-order chi connectivity index (χ1) is 10.0. The lowest BCUT2D eigenvalue weighted by Crippen LogP contribution is -2.42. The van der Waals surface area contributed by atoms with Gasteiger partial charge in [-0.2, -0.15) is 0 Å². The van der Waals surface area contributed by atoms with E-state index in [-0.39, 0.29) is 11.8 Å². The molecule has 0 spiro atoms. The van der Waals surface area contributed by atoms with Crippen molar-refractivity contribution in [2.75, 3.05) is 11.9 Å². The largest absolute Gasteiger partial charge is 0.461 e. The van der Waals surface area contributed by atoms with Crippen LogP contribution in [0.1, 0.15) is 25.5 Å². The maximum Gasteiger partial charge on any atom is 0.246 e. The van der Waals surface area contributed by atoms with E-state index in [0.29, 0.717) is 18.7 Å². The third-order valence-electron chi connectivity index (χ3n) is 3.86. The van der Waals surface area contributed by atoms with E-state index in [1.54, 1.807) is 11.8 Å². The van der Waals surface area contributed by atoms with Crippen LogP contribution in [0, 0.1) is 6.92 Å². The van der Waals surface area contributed by atoms with Crippen LogP contribution in [0.25, 0.3) is 11.0 Å². The molecule has 1 N–H and O–H groups in total. The summed E-state index contributed by atoms with van der Waals surface area (Å²) < 4.78 is 5.51. The Bertz CT molecular complexity index is 705.